The zero-order valence-corrected chi connectivity index (χ0v) is 14.4. The zero-order valence-electron chi connectivity index (χ0n) is 12.9. The van der Waals surface area contributed by atoms with Crippen LogP contribution in [-0.4, -0.2) is 44.2 Å². The predicted molar refractivity (Wildman–Crippen MR) is 92.6 cm³/mol. The maximum Gasteiger partial charge on any atom is 0.253 e. The molecular weight excluding hydrogens is 341 g/mol. The fourth-order valence-electron chi connectivity index (χ4n) is 2.24. The Balaban J connectivity index is 0.00000264. The van der Waals surface area contributed by atoms with E-state index in [2.05, 4.69) is 16.0 Å². The first-order valence-corrected chi connectivity index (χ1v) is 7.66. The molecule has 2 rings (SSSR count). The first-order chi connectivity index (χ1) is 10.6. The van der Waals surface area contributed by atoms with Crippen LogP contribution >= 0.6 is 24.0 Å². The van der Waals surface area contributed by atoms with E-state index in [0.717, 1.165) is 6.54 Å². The van der Waals surface area contributed by atoms with Crippen LogP contribution in [0.4, 0.5) is 5.69 Å². The molecule has 23 heavy (non-hydrogen) atoms. The third kappa shape index (κ3) is 5.99. The molecule has 1 atom stereocenters. The Labute approximate surface area is 146 Å². The van der Waals surface area contributed by atoms with Gasteiger partial charge >= 0.3 is 0 Å². The fraction of sp³-hybridized carbons (Fsp3) is 0.467. The number of amides is 2. The standard InChI is InChI=1S/C15H20ClN3O3.ClH/c1-2-17-15(21)12-7-10(16)3-4-13(12)19-14(20)8-11-9-22-6-5-18-11;/h3-4,7,11,18H,2,5-6,8-9H2,1H3,(H,17,21)(H,19,20);1H. The van der Waals surface area contributed by atoms with Gasteiger partial charge in [0, 0.05) is 30.6 Å². The lowest BCUT2D eigenvalue weighted by molar-refractivity contribution is -0.117. The summed E-state index contributed by atoms with van der Waals surface area (Å²) in [5, 5.41) is 9.14. The van der Waals surface area contributed by atoms with Crippen molar-refractivity contribution >= 4 is 41.5 Å². The Morgan fingerprint density at radius 1 is 1.43 bits per heavy atom. The topological polar surface area (TPSA) is 79.5 Å². The van der Waals surface area contributed by atoms with Gasteiger partial charge in [0.25, 0.3) is 5.91 Å². The summed E-state index contributed by atoms with van der Waals surface area (Å²) >= 11 is 5.93. The molecule has 8 heteroatoms. The van der Waals surface area contributed by atoms with Crippen molar-refractivity contribution in [1.29, 1.82) is 0 Å². The highest BCUT2D eigenvalue weighted by atomic mass is 35.5. The van der Waals surface area contributed by atoms with E-state index in [1.165, 1.54) is 0 Å². The van der Waals surface area contributed by atoms with Crippen molar-refractivity contribution in [3.63, 3.8) is 0 Å². The maximum atomic E-state index is 12.1. The largest absolute Gasteiger partial charge is 0.378 e. The summed E-state index contributed by atoms with van der Waals surface area (Å²) in [6.45, 7) is 4.24. The SMILES string of the molecule is CCNC(=O)c1cc(Cl)ccc1NC(=O)CC1COCCN1.Cl. The van der Waals surface area contributed by atoms with E-state index >= 15 is 0 Å². The molecule has 128 valence electrons. The van der Waals surface area contributed by atoms with Gasteiger partial charge in [-0.25, -0.2) is 0 Å². The Morgan fingerprint density at radius 3 is 2.87 bits per heavy atom. The Kier molecular flexibility index (Phi) is 8.33. The van der Waals surface area contributed by atoms with Gasteiger partial charge in [-0.15, -0.1) is 12.4 Å². The molecule has 1 aromatic carbocycles. The van der Waals surface area contributed by atoms with E-state index in [1.807, 2.05) is 6.92 Å². The van der Waals surface area contributed by atoms with Crippen molar-refractivity contribution in [2.75, 3.05) is 31.6 Å². The Bertz CT molecular complexity index is 549. The lowest BCUT2D eigenvalue weighted by atomic mass is 10.1. The summed E-state index contributed by atoms with van der Waals surface area (Å²) in [6, 6.07) is 4.82. The molecular formula is C15H21Cl2N3O3. The third-order valence-electron chi connectivity index (χ3n) is 3.27. The summed E-state index contributed by atoms with van der Waals surface area (Å²) in [6.07, 6.45) is 0.289. The molecule has 1 heterocycles. The normalized spacial score (nSPS) is 17.0. The molecule has 6 nitrogen and oxygen atoms in total. The van der Waals surface area contributed by atoms with E-state index in [4.69, 9.17) is 16.3 Å². The molecule has 0 saturated carbocycles. The number of carbonyl (C=O) groups excluding carboxylic acids is 2. The number of rotatable bonds is 5. The minimum absolute atomic E-state index is 0. The third-order valence-corrected chi connectivity index (χ3v) is 3.50. The lowest BCUT2D eigenvalue weighted by Gasteiger charge is -2.23. The monoisotopic (exact) mass is 361 g/mol. The molecule has 3 N–H and O–H groups in total. The minimum atomic E-state index is -0.264. The smallest absolute Gasteiger partial charge is 0.253 e. The van der Waals surface area contributed by atoms with Crippen molar-refractivity contribution in [3.8, 4) is 0 Å². The van der Waals surface area contributed by atoms with Crippen LogP contribution in [0.25, 0.3) is 0 Å². The van der Waals surface area contributed by atoms with Gasteiger partial charge in [0.15, 0.2) is 0 Å². The number of carbonyl (C=O) groups is 2. The maximum absolute atomic E-state index is 12.1. The lowest BCUT2D eigenvalue weighted by Crippen LogP contribution is -2.43. The van der Waals surface area contributed by atoms with Crippen LogP contribution < -0.4 is 16.0 Å². The molecule has 1 aliphatic rings. The molecule has 1 aromatic rings. The van der Waals surface area contributed by atoms with Gasteiger partial charge in [-0.05, 0) is 25.1 Å². The molecule has 0 aliphatic carbocycles. The molecule has 0 aromatic heterocycles. The number of hydrogen-bond acceptors (Lipinski definition) is 4. The molecule has 0 spiro atoms. The van der Waals surface area contributed by atoms with Crippen molar-refractivity contribution in [3.05, 3.63) is 28.8 Å². The van der Waals surface area contributed by atoms with Crippen LogP contribution in [0.5, 0.6) is 0 Å². The predicted octanol–water partition coefficient (Wildman–Crippen LogP) is 1.83. The highest BCUT2D eigenvalue weighted by Crippen LogP contribution is 2.21. The average Bonchev–Trinajstić information content (AvgIpc) is 2.50. The quantitative estimate of drug-likeness (QED) is 0.747. The van der Waals surface area contributed by atoms with Crippen molar-refractivity contribution < 1.29 is 14.3 Å². The van der Waals surface area contributed by atoms with Gasteiger partial charge < -0.3 is 20.7 Å². The summed E-state index contributed by atoms with van der Waals surface area (Å²) < 4.78 is 5.32. The first-order valence-electron chi connectivity index (χ1n) is 7.29. The van der Waals surface area contributed by atoms with Gasteiger partial charge in [-0.3, -0.25) is 9.59 Å². The fourth-order valence-corrected chi connectivity index (χ4v) is 2.42. The second-order valence-corrected chi connectivity index (χ2v) is 5.46. The van der Waals surface area contributed by atoms with E-state index < -0.39 is 0 Å². The number of morpholine rings is 1. The first kappa shape index (κ1) is 19.7. The number of halogens is 2. The van der Waals surface area contributed by atoms with Crippen molar-refractivity contribution in [1.82, 2.24) is 10.6 Å². The van der Waals surface area contributed by atoms with Gasteiger partial charge in [0.2, 0.25) is 5.91 Å². The second-order valence-electron chi connectivity index (χ2n) is 5.03. The van der Waals surface area contributed by atoms with Gasteiger partial charge in [0.1, 0.15) is 0 Å². The number of nitrogens with one attached hydrogen (secondary N) is 3. The molecule has 1 unspecified atom stereocenters. The van der Waals surface area contributed by atoms with Crippen LogP contribution in [0.15, 0.2) is 18.2 Å². The minimum Gasteiger partial charge on any atom is -0.378 e. The molecule has 0 radical (unpaired) electrons. The average molecular weight is 362 g/mol. The van der Waals surface area contributed by atoms with Crippen LogP contribution in [-0.2, 0) is 9.53 Å². The van der Waals surface area contributed by atoms with E-state index in [9.17, 15) is 9.59 Å². The highest BCUT2D eigenvalue weighted by molar-refractivity contribution is 6.31. The Hall–Kier alpha value is -1.34. The number of ether oxygens (including phenoxy) is 1. The summed E-state index contributed by atoms with van der Waals surface area (Å²) in [4.78, 5) is 24.2. The van der Waals surface area contributed by atoms with Crippen molar-refractivity contribution in [2.24, 2.45) is 0 Å². The molecule has 1 saturated heterocycles. The highest BCUT2D eigenvalue weighted by Gasteiger charge is 2.19. The van der Waals surface area contributed by atoms with Crippen LogP contribution in [0, 0.1) is 0 Å². The van der Waals surface area contributed by atoms with E-state index in [0.29, 0.717) is 36.0 Å². The Morgan fingerprint density at radius 2 is 2.22 bits per heavy atom. The summed E-state index contributed by atoms with van der Waals surface area (Å²) in [5.74, 6) is -0.435. The van der Waals surface area contributed by atoms with Crippen LogP contribution in [0.2, 0.25) is 5.02 Å². The molecule has 1 fully saturated rings. The van der Waals surface area contributed by atoms with Crippen molar-refractivity contribution in [2.45, 2.75) is 19.4 Å². The van der Waals surface area contributed by atoms with E-state index in [1.54, 1.807) is 18.2 Å². The second kappa shape index (κ2) is 9.72. The zero-order chi connectivity index (χ0) is 15.9. The van der Waals surface area contributed by atoms with Crippen LogP contribution in [0.1, 0.15) is 23.7 Å². The van der Waals surface area contributed by atoms with Gasteiger partial charge in [-0.1, -0.05) is 11.6 Å². The molecule has 2 amide bonds. The van der Waals surface area contributed by atoms with Gasteiger partial charge in [-0.2, -0.15) is 0 Å². The number of anilines is 1. The number of benzene rings is 1. The molecule has 0 bridgehead atoms. The molecule has 1 aliphatic heterocycles. The van der Waals surface area contributed by atoms with Gasteiger partial charge in [0.05, 0.1) is 24.5 Å². The van der Waals surface area contributed by atoms with Crippen LogP contribution in [0.3, 0.4) is 0 Å². The summed E-state index contributed by atoms with van der Waals surface area (Å²) in [7, 11) is 0. The van der Waals surface area contributed by atoms with E-state index in [-0.39, 0.29) is 36.7 Å². The summed E-state index contributed by atoms with van der Waals surface area (Å²) in [5.41, 5.74) is 0.813. The number of hydrogen-bond donors (Lipinski definition) is 3.